The molecule has 1 aromatic carbocycles. The lowest BCUT2D eigenvalue weighted by Gasteiger charge is -2.39. The summed E-state index contributed by atoms with van der Waals surface area (Å²) < 4.78 is 16.4. The first kappa shape index (κ1) is 23.1. The Kier molecular flexibility index (Phi) is 6.47. The average molecular weight is 545 g/mol. The van der Waals surface area contributed by atoms with E-state index in [0.29, 0.717) is 29.1 Å². The van der Waals surface area contributed by atoms with E-state index in [2.05, 4.69) is 42.3 Å². The second-order valence-electron chi connectivity index (χ2n) is 8.86. The molecule has 4 heterocycles. The van der Waals surface area contributed by atoms with Crippen LogP contribution in [0.15, 0.2) is 46.1 Å². The molecule has 0 amide bonds. The molecule has 2 aliphatic rings. The number of halogens is 3. The number of fused-ring (bicyclic) bond motifs is 3. The summed E-state index contributed by atoms with van der Waals surface area (Å²) in [5.74, 6) is -0.228. The quantitative estimate of drug-likeness (QED) is 0.327. The summed E-state index contributed by atoms with van der Waals surface area (Å²) in [4.78, 5) is 6.93. The second kappa shape index (κ2) is 9.53. The van der Waals surface area contributed by atoms with Gasteiger partial charge in [0, 0.05) is 47.8 Å². The van der Waals surface area contributed by atoms with E-state index < -0.39 is 5.82 Å². The lowest BCUT2D eigenvalue weighted by molar-refractivity contribution is 0.136. The minimum absolute atomic E-state index is 0.205. The largest absolute Gasteiger partial charge is 0.383 e. The van der Waals surface area contributed by atoms with Gasteiger partial charge in [-0.15, -0.1) is 0 Å². The number of hydrogen-bond donors (Lipinski definition) is 2. The Balaban J connectivity index is 1.48. The molecule has 2 aromatic heterocycles. The number of aromatic nitrogens is 2. The number of nitriles is 1. The first-order chi connectivity index (χ1) is 16.4. The zero-order valence-corrected chi connectivity index (χ0v) is 20.7. The van der Waals surface area contributed by atoms with E-state index in [1.165, 1.54) is 18.2 Å². The van der Waals surface area contributed by atoms with Gasteiger partial charge in [-0.3, -0.25) is 4.90 Å². The number of benzene rings is 1. The van der Waals surface area contributed by atoms with Crippen LogP contribution < -0.4 is 11.1 Å². The van der Waals surface area contributed by atoms with Crippen molar-refractivity contribution in [3.05, 3.63) is 57.5 Å². The van der Waals surface area contributed by atoms with Gasteiger partial charge in [0.25, 0.3) is 0 Å². The Bertz CT molecular complexity index is 1290. The van der Waals surface area contributed by atoms with Gasteiger partial charge >= 0.3 is 0 Å². The van der Waals surface area contributed by atoms with Gasteiger partial charge in [-0.05, 0) is 59.8 Å². The number of aliphatic imine (C=N–C) groups is 1. The maximum absolute atomic E-state index is 13.8. The number of nitrogens with zero attached hydrogens (tertiary/aromatic N) is 5. The molecule has 0 aliphatic carbocycles. The van der Waals surface area contributed by atoms with Crippen LogP contribution in [0.25, 0.3) is 5.52 Å². The van der Waals surface area contributed by atoms with E-state index in [4.69, 9.17) is 22.6 Å². The fraction of sp³-hybridized carbons (Fsp3) is 0.375. The van der Waals surface area contributed by atoms with Crippen LogP contribution in [-0.4, -0.2) is 45.0 Å². The third-order valence-corrected chi connectivity index (χ3v) is 7.50. The molecule has 2 bridgehead atoms. The van der Waals surface area contributed by atoms with Crippen molar-refractivity contribution < 1.29 is 4.39 Å². The van der Waals surface area contributed by atoms with Gasteiger partial charge in [-0.25, -0.2) is 13.9 Å². The third kappa shape index (κ3) is 4.50. The molecule has 0 spiro atoms. The summed E-state index contributed by atoms with van der Waals surface area (Å²) >= 11 is 9.75. The average Bonchev–Trinajstić information content (AvgIpc) is 3.30. The van der Waals surface area contributed by atoms with E-state index in [9.17, 15) is 4.39 Å². The smallest absolute Gasteiger partial charge is 0.135 e. The van der Waals surface area contributed by atoms with Crippen LogP contribution in [-0.2, 0) is 0 Å². The van der Waals surface area contributed by atoms with Crippen molar-refractivity contribution in [1.82, 2.24) is 14.5 Å². The van der Waals surface area contributed by atoms with Gasteiger partial charge in [0.05, 0.1) is 39.7 Å². The SMILES string of the molecule is N#CCCN1[C@@H]2CC[C@H]1CC(Nc1c(C(N)=Nc3cc(F)ccc3Cl)cnn3cc(Br)cc13)C2. The lowest BCUT2D eigenvalue weighted by Crippen LogP contribution is -2.47. The number of hydrogen-bond acceptors (Lipinski definition) is 5. The van der Waals surface area contributed by atoms with Gasteiger partial charge in [0.15, 0.2) is 0 Å². The van der Waals surface area contributed by atoms with Crippen LogP contribution in [0.2, 0.25) is 5.02 Å². The van der Waals surface area contributed by atoms with Gasteiger partial charge in [-0.2, -0.15) is 10.4 Å². The monoisotopic (exact) mass is 543 g/mol. The minimum atomic E-state index is -0.433. The number of amidine groups is 1. The van der Waals surface area contributed by atoms with E-state index in [0.717, 1.165) is 47.9 Å². The van der Waals surface area contributed by atoms with Gasteiger partial charge < -0.3 is 11.1 Å². The Morgan fingerprint density at radius 2 is 2.09 bits per heavy atom. The molecule has 5 rings (SSSR count). The predicted octanol–water partition coefficient (Wildman–Crippen LogP) is 5.25. The van der Waals surface area contributed by atoms with Crippen molar-refractivity contribution in [2.75, 3.05) is 11.9 Å². The molecule has 7 nitrogen and oxygen atoms in total. The molecule has 0 radical (unpaired) electrons. The summed E-state index contributed by atoms with van der Waals surface area (Å²) in [5.41, 5.74) is 9.03. The fourth-order valence-electron chi connectivity index (χ4n) is 5.27. The maximum Gasteiger partial charge on any atom is 0.135 e. The molecule has 2 aliphatic heterocycles. The van der Waals surface area contributed by atoms with E-state index in [1.807, 2.05) is 12.3 Å². The molecule has 2 saturated heterocycles. The van der Waals surface area contributed by atoms with Crippen LogP contribution >= 0.6 is 27.5 Å². The molecule has 0 saturated carbocycles. The van der Waals surface area contributed by atoms with Crippen LogP contribution in [0.1, 0.15) is 37.7 Å². The molecule has 10 heteroatoms. The van der Waals surface area contributed by atoms with Crippen LogP contribution in [0.4, 0.5) is 15.8 Å². The standard InChI is InChI=1S/C24H24BrClFN7/c25-14-8-22-23(31-16-10-17-3-4-18(11-16)33(17)7-1-6-28)19(12-30-34(22)13-14)24(29)32-21-9-15(27)2-5-20(21)26/h2,5,8-9,12-13,16-18,31H,1,3-4,7,10-11H2,(H2,29,32)/t16?,17-,18+. The van der Waals surface area contributed by atoms with Crippen LogP contribution in [0.5, 0.6) is 0 Å². The number of nitrogens with two attached hydrogens (primary N) is 1. The Morgan fingerprint density at radius 1 is 1.32 bits per heavy atom. The van der Waals surface area contributed by atoms with E-state index in [-0.39, 0.29) is 17.6 Å². The maximum atomic E-state index is 13.8. The number of anilines is 1. The molecule has 3 N–H and O–H groups in total. The van der Waals surface area contributed by atoms with Gasteiger partial charge in [0.1, 0.15) is 11.7 Å². The predicted molar refractivity (Wildman–Crippen MR) is 135 cm³/mol. The van der Waals surface area contributed by atoms with Crippen molar-refractivity contribution in [3.63, 3.8) is 0 Å². The molecule has 2 fully saturated rings. The zero-order valence-electron chi connectivity index (χ0n) is 18.4. The minimum Gasteiger partial charge on any atom is -0.383 e. The fourth-order valence-corrected chi connectivity index (χ4v) is 5.84. The highest BCUT2D eigenvalue weighted by Gasteiger charge is 2.40. The summed E-state index contributed by atoms with van der Waals surface area (Å²) in [5, 5.41) is 17.5. The van der Waals surface area contributed by atoms with Crippen molar-refractivity contribution in [2.24, 2.45) is 10.7 Å². The normalized spacial score (nSPS) is 22.8. The van der Waals surface area contributed by atoms with Crippen LogP contribution in [0.3, 0.4) is 0 Å². The molecule has 1 unspecified atom stereocenters. The summed E-state index contributed by atoms with van der Waals surface area (Å²) in [6, 6.07) is 9.46. The molecular weight excluding hydrogens is 521 g/mol. The zero-order chi connectivity index (χ0) is 23.8. The molecule has 3 aromatic rings. The number of piperidine rings is 1. The Labute approximate surface area is 210 Å². The lowest BCUT2D eigenvalue weighted by atomic mass is 9.96. The number of nitrogens with one attached hydrogen (secondary N) is 1. The topological polar surface area (TPSA) is 94.7 Å². The van der Waals surface area contributed by atoms with E-state index in [1.54, 1.807) is 10.7 Å². The molecule has 3 atom stereocenters. The first-order valence-electron chi connectivity index (χ1n) is 11.3. The van der Waals surface area contributed by atoms with Gasteiger partial charge in [-0.1, -0.05) is 11.6 Å². The van der Waals surface area contributed by atoms with Crippen molar-refractivity contribution in [3.8, 4) is 6.07 Å². The van der Waals surface area contributed by atoms with Crippen LogP contribution in [0, 0.1) is 17.1 Å². The number of rotatable bonds is 6. The highest BCUT2D eigenvalue weighted by molar-refractivity contribution is 9.10. The molecule has 176 valence electrons. The highest BCUT2D eigenvalue weighted by atomic mass is 79.9. The summed E-state index contributed by atoms with van der Waals surface area (Å²) in [6.07, 6.45) is 8.42. The first-order valence-corrected chi connectivity index (χ1v) is 12.5. The molecule has 34 heavy (non-hydrogen) atoms. The Hall–Kier alpha value is -2.67. The van der Waals surface area contributed by atoms with Crippen molar-refractivity contribution in [1.29, 1.82) is 5.26 Å². The summed E-state index contributed by atoms with van der Waals surface area (Å²) in [6.45, 7) is 0.836. The molecular formula is C24H24BrClFN7. The van der Waals surface area contributed by atoms with Crippen molar-refractivity contribution >= 4 is 50.3 Å². The van der Waals surface area contributed by atoms with E-state index >= 15 is 0 Å². The van der Waals surface area contributed by atoms with Gasteiger partial charge in [0.2, 0.25) is 0 Å². The Morgan fingerprint density at radius 3 is 2.82 bits per heavy atom. The van der Waals surface area contributed by atoms with Crippen molar-refractivity contribution in [2.45, 2.75) is 50.2 Å². The highest BCUT2D eigenvalue weighted by Crippen LogP contribution is 2.38. The third-order valence-electron chi connectivity index (χ3n) is 6.74. The second-order valence-corrected chi connectivity index (χ2v) is 10.2. The summed E-state index contributed by atoms with van der Waals surface area (Å²) in [7, 11) is 0.